The summed E-state index contributed by atoms with van der Waals surface area (Å²) >= 11 is 0. The molecular formula is C10H19N3O3S. The maximum Gasteiger partial charge on any atom is 0.234 e. The first-order valence-corrected chi connectivity index (χ1v) is 7.57. The number of hydrogen-bond donors (Lipinski definition) is 1. The van der Waals surface area contributed by atoms with Crippen LogP contribution in [0.3, 0.4) is 0 Å². The summed E-state index contributed by atoms with van der Waals surface area (Å²) in [7, 11) is -3.20. The van der Waals surface area contributed by atoms with Gasteiger partial charge < -0.3 is 9.73 Å². The van der Waals surface area contributed by atoms with Crippen molar-refractivity contribution >= 4 is 9.84 Å². The van der Waals surface area contributed by atoms with Crippen LogP contribution in [0.15, 0.2) is 4.42 Å². The predicted octanol–water partition coefficient (Wildman–Crippen LogP) is 1.24. The lowest BCUT2D eigenvalue weighted by Gasteiger charge is -2.08. The van der Waals surface area contributed by atoms with E-state index < -0.39 is 15.1 Å². The molecule has 17 heavy (non-hydrogen) atoms. The van der Waals surface area contributed by atoms with E-state index in [1.807, 2.05) is 6.92 Å². The van der Waals surface area contributed by atoms with Crippen molar-refractivity contribution in [1.82, 2.24) is 15.5 Å². The van der Waals surface area contributed by atoms with Crippen LogP contribution >= 0.6 is 0 Å². The molecule has 0 saturated carbocycles. The van der Waals surface area contributed by atoms with Crippen molar-refractivity contribution < 1.29 is 12.8 Å². The van der Waals surface area contributed by atoms with Crippen LogP contribution in [0, 0.1) is 0 Å². The van der Waals surface area contributed by atoms with E-state index in [-0.39, 0.29) is 11.9 Å². The molecule has 1 N–H and O–H groups in total. The molecule has 0 aliphatic carbocycles. The SMILES string of the molecule is CCCNC(C)c1nnc(C(C)S(C)(=O)=O)o1. The Bertz CT molecular complexity index is 455. The quantitative estimate of drug-likeness (QED) is 0.829. The van der Waals surface area contributed by atoms with Crippen molar-refractivity contribution in [3.63, 3.8) is 0 Å². The number of sulfone groups is 1. The van der Waals surface area contributed by atoms with Crippen LogP contribution in [0.2, 0.25) is 0 Å². The molecule has 0 aromatic carbocycles. The van der Waals surface area contributed by atoms with Crippen LogP contribution in [0.1, 0.15) is 50.3 Å². The van der Waals surface area contributed by atoms with Crippen molar-refractivity contribution in [2.75, 3.05) is 12.8 Å². The molecule has 0 saturated heterocycles. The van der Waals surface area contributed by atoms with Gasteiger partial charge in [-0.15, -0.1) is 10.2 Å². The van der Waals surface area contributed by atoms with Gasteiger partial charge in [0.25, 0.3) is 0 Å². The molecule has 1 rings (SSSR count). The van der Waals surface area contributed by atoms with Gasteiger partial charge in [-0.2, -0.15) is 0 Å². The van der Waals surface area contributed by atoms with E-state index in [0.717, 1.165) is 19.2 Å². The Morgan fingerprint density at radius 3 is 2.41 bits per heavy atom. The van der Waals surface area contributed by atoms with Crippen LogP contribution in [-0.2, 0) is 9.84 Å². The highest BCUT2D eigenvalue weighted by molar-refractivity contribution is 7.90. The Labute approximate surface area is 102 Å². The molecule has 1 aromatic rings. The molecule has 1 heterocycles. The van der Waals surface area contributed by atoms with E-state index in [0.29, 0.717) is 5.89 Å². The highest BCUT2D eigenvalue weighted by atomic mass is 32.2. The molecule has 0 aliphatic heterocycles. The normalized spacial score (nSPS) is 15.8. The first-order valence-electron chi connectivity index (χ1n) is 5.61. The van der Waals surface area contributed by atoms with Gasteiger partial charge in [-0.25, -0.2) is 8.42 Å². The maximum absolute atomic E-state index is 11.3. The van der Waals surface area contributed by atoms with Gasteiger partial charge in [0.2, 0.25) is 11.8 Å². The molecule has 0 fully saturated rings. The third-order valence-corrected chi connectivity index (χ3v) is 4.00. The summed E-state index contributed by atoms with van der Waals surface area (Å²) in [5.74, 6) is 0.566. The van der Waals surface area contributed by atoms with E-state index in [1.165, 1.54) is 6.92 Å². The summed E-state index contributed by atoms with van der Waals surface area (Å²) in [5, 5.41) is 10.1. The van der Waals surface area contributed by atoms with E-state index in [4.69, 9.17) is 4.42 Å². The smallest absolute Gasteiger partial charge is 0.234 e. The molecule has 2 atom stereocenters. The number of nitrogens with one attached hydrogen (secondary N) is 1. The van der Waals surface area contributed by atoms with Gasteiger partial charge in [-0.05, 0) is 26.8 Å². The largest absolute Gasteiger partial charge is 0.422 e. The zero-order chi connectivity index (χ0) is 13.1. The average molecular weight is 261 g/mol. The third kappa shape index (κ3) is 3.78. The van der Waals surface area contributed by atoms with Gasteiger partial charge in [0.05, 0.1) is 6.04 Å². The molecule has 2 unspecified atom stereocenters. The van der Waals surface area contributed by atoms with Crippen molar-refractivity contribution in [2.24, 2.45) is 0 Å². The second-order valence-electron chi connectivity index (χ2n) is 4.13. The number of aromatic nitrogens is 2. The van der Waals surface area contributed by atoms with Crippen molar-refractivity contribution in [3.05, 3.63) is 11.8 Å². The van der Waals surface area contributed by atoms with E-state index >= 15 is 0 Å². The summed E-state index contributed by atoms with van der Waals surface area (Å²) in [6.07, 6.45) is 2.16. The Morgan fingerprint density at radius 1 is 1.29 bits per heavy atom. The minimum absolute atomic E-state index is 0.0667. The molecule has 98 valence electrons. The number of nitrogens with zero attached hydrogens (tertiary/aromatic N) is 2. The Morgan fingerprint density at radius 2 is 1.88 bits per heavy atom. The summed E-state index contributed by atoms with van der Waals surface area (Å²) < 4.78 is 28.0. The maximum atomic E-state index is 11.3. The molecule has 0 spiro atoms. The minimum Gasteiger partial charge on any atom is -0.422 e. The summed E-state index contributed by atoms with van der Waals surface area (Å²) in [5.41, 5.74) is 0. The van der Waals surface area contributed by atoms with Gasteiger partial charge in [0.15, 0.2) is 9.84 Å². The van der Waals surface area contributed by atoms with Crippen molar-refractivity contribution in [1.29, 1.82) is 0 Å². The van der Waals surface area contributed by atoms with Crippen LogP contribution in [0.5, 0.6) is 0 Å². The van der Waals surface area contributed by atoms with Gasteiger partial charge >= 0.3 is 0 Å². The molecule has 7 heteroatoms. The molecule has 0 amide bonds. The summed E-state index contributed by atoms with van der Waals surface area (Å²) in [4.78, 5) is 0. The Kier molecular flexibility index (Phi) is 4.64. The fourth-order valence-electron chi connectivity index (χ4n) is 1.22. The number of hydrogen-bond acceptors (Lipinski definition) is 6. The topological polar surface area (TPSA) is 85.1 Å². The van der Waals surface area contributed by atoms with Crippen LogP contribution in [-0.4, -0.2) is 31.4 Å². The van der Waals surface area contributed by atoms with Crippen LogP contribution < -0.4 is 5.32 Å². The first-order chi connectivity index (χ1) is 7.86. The van der Waals surface area contributed by atoms with Crippen LogP contribution in [0.25, 0.3) is 0 Å². The van der Waals surface area contributed by atoms with E-state index in [9.17, 15) is 8.42 Å². The fraction of sp³-hybridized carbons (Fsp3) is 0.800. The van der Waals surface area contributed by atoms with E-state index in [2.05, 4.69) is 22.4 Å². The predicted molar refractivity (Wildman–Crippen MR) is 64.3 cm³/mol. The monoisotopic (exact) mass is 261 g/mol. The lowest BCUT2D eigenvalue weighted by Crippen LogP contribution is -2.19. The molecule has 6 nitrogen and oxygen atoms in total. The van der Waals surface area contributed by atoms with Gasteiger partial charge in [-0.1, -0.05) is 6.92 Å². The zero-order valence-corrected chi connectivity index (χ0v) is 11.4. The van der Waals surface area contributed by atoms with Crippen molar-refractivity contribution in [2.45, 2.75) is 38.5 Å². The second kappa shape index (κ2) is 5.59. The molecule has 0 bridgehead atoms. The zero-order valence-electron chi connectivity index (χ0n) is 10.6. The van der Waals surface area contributed by atoms with Gasteiger partial charge in [0.1, 0.15) is 5.25 Å². The Hall–Kier alpha value is -0.950. The summed E-state index contributed by atoms with van der Waals surface area (Å²) in [6, 6.07) is -0.0667. The third-order valence-electron chi connectivity index (χ3n) is 2.52. The second-order valence-corrected chi connectivity index (χ2v) is 6.49. The fourth-order valence-corrected chi connectivity index (χ4v) is 1.68. The van der Waals surface area contributed by atoms with Gasteiger partial charge in [-0.3, -0.25) is 0 Å². The highest BCUT2D eigenvalue weighted by Gasteiger charge is 2.24. The minimum atomic E-state index is -3.20. The molecule has 1 aromatic heterocycles. The lowest BCUT2D eigenvalue weighted by molar-refractivity contribution is 0.391. The van der Waals surface area contributed by atoms with Crippen molar-refractivity contribution in [3.8, 4) is 0 Å². The van der Waals surface area contributed by atoms with E-state index in [1.54, 1.807) is 0 Å². The van der Waals surface area contributed by atoms with Crippen LogP contribution in [0.4, 0.5) is 0 Å². The standard InChI is InChI=1S/C10H19N3O3S/c1-5-6-11-7(2)9-12-13-10(16-9)8(3)17(4,14)15/h7-8,11H,5-6H2,1-4H3. The Balaban J connectivity index is 2.78. The van der Waals surface area contributed by atoms with Gasteiger partial charge in [0, 0.05) is 6.26 Å². The number of rotatable bonds is 6. The summed E-state index contributed by atoms with van der Waals surface area (Å²) in [6.45, 7) is 6.35. The first kappa shape index (κ1) is 14.1. The lowest BCUT2D eigenvalue weighted by atomic mass is 10.3. The highest BCUT2D eigenvalue weighted by Crippen LogP contribution is 2.21. The molecule has 0 radical (unpaired) electrons. The average Bonchev–Trinajstić information content (AvgIpc) is 2.72. The molecular weight excluding hydrogens is 242 g/mol. The molecule has 0 aliphatic rings.